The van der Waals surface area contributed by atoms with Gasteiger partial charge in [-0.05, 0) is 55.8 Å². The number of carbonyl (C=O) groups is 1. The topological polar surface area (TPSA) is 71.9 Å². The summed E-state index contributed by atoms with van der Waals surface area (Å²) in [5.41, 5.74) is 2.84. The van der Waals surface area contributed by atoms with Gasteiger partial charge in [-0.3, -0.25) is 4.98 Å². The fourth-order valence-corrected chi connectivity index (χ4v) is 2.99. The quantitative estimate of drug-likeness (QED) is 0.587. The van der Waals surface area contributed by atoms with Gasteiger partial charge in [0.05, 0.1) is 18.8 Å². The normalized spacial score (nSPS) is 10.6. The Balaban J connectivity index is 2.07. The molecule has 0 atom stereocenters. The molecule has 0 radical (unpaired) electrons. The van der Waals surface area contributed by atoms with Crippen LogP contribution < -0.4 is 14.4 Å². The smallest absolute Gasteiger partial charge is 0.335 e. The summed E-state index contributed by atoms with van der Waals surface area (Å²) < 4.78 is 11.3. The lowest BCUT2D eigenvalue weighted by molar-refractivity contribution is 0.0697. The maximum Gasteiger partial charge on any atom is 0.335 e. The molecule has 1 N–H and O–H groups in total. The van der Waals surface area contributed by atoms with Crippen LogP contribution in [-0.2, 0) is 6.54 Å². The third-order valence-electron chi connectivity index (χ3n) is 4.29. The van der Waals surface area contributed by atoms with Crippen LogP contribution in [0.1, 0.15) is 29.8 Å². The number of ether oxygens (including phenoxy) is 2. The molecule has 0 amide bonds. The Morgan fingerprint density at radius 1 is 1.07 bits per heavy atom. The van der Waals surface area contributed by atoms with Crippen LogP contribution in [0.15, 0.2) is 67.0 Å². The number of anilines is 2. The zero-order valence-corrected chi connectivity index (χ0v) is 16.7. The number of pyridine rings is 1. The minimum atomic E-state index is -0.966. The largest absolute Gasteiger partial charge is 0.493 e. The van der Waals surface area contributed by atoms with Crippen molar-refractivity contribution >= 4 is 17.3 Å². The van der Waals surface area contributed by atoms with Gasteiger partial charge in [0.1, 0.15) is 0 Å². The van der Waals surface area contributed by atoms with Crippen molar-refractivity contribution in [1.29, 1.82) is 0 Å². The summed E-state index contributed by atoms with van der Waals surface area (Å²) in [6.07, 6.45) is 3.51. The van der Waals surface area contributed by atoms with Gasteiger partial charge in [-0.2, -0.15) is 0 Å². The number of carboxylic acid groups (broad SMARTS) is 1. The molecule has 0 saturated heterocycles. The first kappa shape index (κ1) is 20.2. The van der Waals surface area contributed by atoms with E-state index in [1.54, 1.807) is 37.7 Å². The van der Waals surface area contributed by atoms with Crippen molar-refractivity contribution in [1.82, 2.24) is 4.98 Å². The average molecular weight is 392 g/mol. The van der Waals surface area contributed by atoms with Crippen molar-refractivity contribution in [3.63, 3.8) is 0 Å². The van der Waals surface area contributed by atoms with E-state index in [1.807, 2.05) is 55.1 Å². The fourth-order valence-electron chi connectivity index (χ4n) is 2.99. The molecule has 6 heteroatoms. The predicted octanol–water partition coefficient (Wildman–Crippen LogP) is 4.91. The summed E-state index contributed by atoms with van der Waals surface area (Å²) in [4.78, 5) is 17.7. The number of aromatic carboxylic acids is 1. The lowest BCUT2D eigenvalue weighted by Gasteiger charge is -2.26. The van der Waals surface area contributed by atoms with Crippen LogP contribution in [0.4, 0.5) is 11.4 Å². The Morgan fingerprint density at radius 3 is 2.52 bits per heavy atom. The second-order valence-corrected chi connectivity index (χ2v) is 6.80. The van der Waals surface area contributed by atoms with Gasteiger partial charge in [0.25, 0.3) is 0 Å². The molecule has 2 aromatic carbocycles. The van der Waals surface area contributed by atoms with Gasteiger partial charge in [-0.1, -0.05) is 12.1 Å². The number of rotatable bonds is 8. The molecule has 150 valence electrons. The molecule has 0 fully saturated rings. The molecule has 1 heterocycles. The Morgan fingerprint density at radius 2 is 1.86 bits per heavy atom. The van der Waals surface area contributed by atoms with E-state index in [1.165, 1.54) is 0 Å². The van der Waals surface area contributed by atoms with Crippen molar-refractivity contribution in [2.45, 2.75) is 26.5 Å². The standard InChI is InChI=1S/C23H24N2O4/c1-16(2)29-22-13-20(9-10-21(22)28-3)25(15-17-6-5-11-24-14-17)19-8-4-7-18(12-19)23(26)27/h4-14,16H,15H2,1-3H3,(H,26,27). The molecule has 6 nitrogen and oxygen atoms in total. The minimum absolute atomic E-state index is 0.0127. The third kappa shape index (κ3) is 5.04. The van der Waals surface area contributed by atoms with E-state index < -0.39 is 5.97 Å². The van der Waals surface area contributed by atoms with Crippen molar-refractivity contribution < 1.29 is 19.4 Å². The molecular formula is C23H24N2O4. The monoisotopic (exact) mass is 392 g/mol. The van der Waals surface area contributed by atoms with Gasteiger partial charge >= 0.3 is 5.97 Å². The van der Waals surface area contributed by atoms with Gasteiger partial charge < -0.3 is 19.5 Å². The Hall–Kier alpha value is -3.54. The second kappa shape index (κ2) is 9.10. The van der Waals surface area contributed by atoms with E-state index in [0.717, 1.165) is 16.9 Å². The number of hydrogen-bond donors (Lipinski definition) is 1. The molecular weight excluding hydrogens is 368 g/mol. The molecule has 1 aromatic heterocycles. The predicted molar refractivity (Wildman–Crippen MR) is 112 cm³/mol. The zero-order valence-electron chi connectivity index (χ0n) is 16.7. The van der Waals surface area contributed by atoms with Gasteiger partial charge in [0.15, 0.2) is 11.5 Å². The zero-order chi connectivity index (χ0) is 20.8. The lowest BCUT2D eigenvalue weighted by atomic mass is 10.1. The van der Waals surface area contributed by atoms with Gasteiger partial charge in [0, 0.05) is 36.4 Å². The fraction of sp³-hybridized carbons (Fsp3) is 0.217. The molecule has 0 saturated carbocycles. The molecule has 0 aliphatic carbocycles. The highest BCUT2D eigenvalue weighted by atomic mass is 16.5. The number of benzene rings is 2. The van der Waals surface area contributed by atoms with Crippen LogP contribution in [0.3, 0.4) is 0 Å². The molecule has 0 spiro atoms. The number of aromatic nitrogens is 1. The van der Waals surface area contributed by atoms with E-state index >= 15 is 0 Å². The maximum atomic E-state index is 11.5. The van der Waals surface area contributed by atoms with E-state index in [-0.39, 0.29) is 11.7 Å². The first-order valence-electron chi connectivity index (χ1n) is 9.32. The van der Waals surface area contributed by atoms with Crippen molar-refractivity contribution in [2.24, 2.45) is 0 Å². The maximum absolute atomic E-state index is 11.5. The average Bonchev–Trinajstić information content (AvgIpc) is 2.72. The van der Waals surface area contributed by atoms with Crippen LogP contribution >= 0.6 is 0 Å². The van der Waals surface area contributed by atoms with Gasteiger partial charge in [-0.15, -0.1) is 0 Å². The molecule has 0 aliphatic heterocycles. The van der Waals surface area contributed by atoms with Crippen molar-refractivity contribution in [2.75, 3.05) is 12.0 Å². The molecule has 29 heavy (non-hydrogen) atoms. The summed E-state index contributed by atoms with van der Waals surface area (Å²) in [6.45, 7) is 4.43. The number of hydrogen-bond acceptors (Lipinski definition) is 5. The highest BCUT2D eigenvalue weighted by Gasteiger charge is 2.16. The molecule has 0 bridgehead atoms. The first-order chi connectivity index (χ1) is 14.0. The van der Waals surface area contributed by atoms with Crippen LogP contribution in [0.25, 0.3) is 0 Å². The Labute approximate surface area is 170 Å². The van der Waals surface area contributed by atoms with Crippen LogP contribution in [0.2, 0.25) is 0 Å². The third-order valence-corrected chi connectivity index (χ3v) is 4.29. The first-order valence-corrected chi connectivity index (χ1v) is 9.32. The number of methoxy groups -OCH3 is 1. The second-order valence-electron chi connectivity index (χ2n) is 6.80. The molecule has 3 aromatic rings. The van der Waals surface area contributed by atoms with Crippen molar-refractivity contribution in [3.8, 4) is 11.5 Å². The van der Waals surface area contributed by atoms with Crippen LogP contribution in [0.5, 0.6) is 11.5 Å². The SMILES string of the molecule is COc1ccc(N(Cc2cccnc2)c2cccc(C(=O)O)c2)cc1OC(C)C. The molecule has 0 unspecified atom stereocenters. The van der Waals surface area contributed by atoms with Gasteiger partial charge in [0.2, 0.25) is 0 Å². The Bertz CT molecular complexity index is 974. The molecule has 3 rings (SSSR count). The summed E-state index contributed by atoms with van der Waals surface area (Å²) in [6, 6.07) is 16.4. The number of carboxylic acids is 1. The van der Waals surface area contributed by atoms with Crippen LogP contribution in [0, 0.1) is 0 Å². The van der Waals surface area contributed by atoms with Crippen LogP contribution in [-0.4, -0.2) is 29.3 Å². The summed E-state index contributed by atoms with van der Waals surface area (Å²) in [5, 5.41) is 9.40. The van der Waals surface area contributed by atoms with E-state index in [9.17, 15) is 9.90 Å². The van der Waals surface area contributed by atoms with E-state index in [0.29, 0.717) is 18.0 Å². The van der Waals surface area contributed by atoms with Crippen molar-refractivity contribution in [3.05, 3.63) is 78.1 Å². The van der Waals surface area contributed by atoms with Gasteiger partial charge in [-0.25, -0.2) is 4.79 Å². The summed E-state index contributed by atoms with van der Waals surface area (Å²) >= 11 is 0. The number of nitrogens with zero attached hydrogens (tertiary/aromatic N) is 2. The van der Waals surface area contributed by atoms with E-state index in [2.05, 4.69) is 4.98 Å². The Kier molecular flexibility index (Phi) is 6.34. The summed E-state index contributed by atoms with van der Waals surface area (Å²) in [5.74, 6) is 0.306. The summed E-state index contributed by atoms with van der Waals surface area (Å²) in [7, 11) is 1.60. The van der Waals surface area contributed by atoms with E-state index in [4.69, 9.17) is 9.47 Å². The minimum Gasteiger partial charge on any atom is -0.493 e. The molecule has 0 aliphatic rings. The lowest BCUT2D eigenvalue weighted by Crippen LogP contribution is -2.17. The highest BCUT2D eigenvalue weighted by molar-refractivity contribution is 5.89. The highest BCUT2D eigenvalue weighted by Crippen LogP contribution is 2.36.